The minimum absolute atomic E-state index is 0.373. The molecule has 2 aliphatic rings. The number of hydrogen-bond acceptors (Lipinski definition) is 2. The summed E-state index contributed by atoms with van der Waals surface area (Å²) in [7, 11) is 0. The van der Waals surface area contributed by atoms with E-state index in [1.165, 1.54) is 6.42 Å². The van der Waals surface area contributed by atoms with Crippen LogP contribution in [0, 0.1) is 10.8 Å². The van der Waals surface area contributed by atoms with Crippen molar-refractivity contribution in [3.63, 3.8) is 0 Å². The third-order valence-electron chi connectivity index (χ3n) is 4.30. The average molecular weight is 225 g/mol. The van der Waals surface area contributed by atoms with Crippen LogP contribution in [-0.4, -0.2) is 35.6 Å². The number of aliphatic carboxylic acids is 1. The highest BCUT2D eigenvalue weighted by Crippen LogP contribution is 2.41. The second-order valence-corrected chi connectivity index (χ2v) is 6.42. The van der Waals surface area contributed by atoms with Gasteiger partial charge in [-0.3, -0.25) is 4.79 Å². The van der Waals surface area contributed by atoms with Crippen LogP contribution in [0.2, 0.25) is 0 Å². The Balaban J connectivity index is 2.00. The third kappa shape index (κ3) is 2.24. The lowest BCUT2D eigenvalue weighted by Crippen LogP contribution is -2.41. The molecular weight excluding hydrogens is 202 g/mol. The van der Waals surface area contributed by atoms with Crippen molar-refractivity contribution in [3.8, 4) is 0 Å². The second kappa shape index (κ2) is 4.02. The minimum Gasteiger partial charge on any atom is -0.481 e. The zero-order chi connectivity index (χ0) is 11.8. The molecule has 1 saturated carbocycles. The zero-order valence-electron chi connectivity index (χ0n) is 10.5. The smallest absolute Gasteiger partial charge is 0.310 e. The van der Waals surface area contributed by atoms with E-state index in [0.29, 0.717) is 5.41 Å². The number of rotatable bonds is 3. The molecule has 0 aromatic heterocycles. The van der Waals surface area contributed by atoms with E-state index in [1.807, 2.05) is 0 Å². The molecule has 1 heterocycles. The summed E-state index contributed by atoms with van der Waals surface area (Å²) in [4.78, 5) is 13.8. The Kier molecular flexibility index (Phi) is 2.99. The molecule has 0 radical (unpaired) electrons. The molecule has 0 bridgehead atoms. The van der Waals surface area contributed by atoms with Crippen LogP contribution in [0.15, 0.2) is 0 Å². The standard InChI is InChI=1S/C13H23NO2/c1-12(2)7-8-14(9-12)10-13(11(15)16)5-3-4-6-13/h3-10H2,1-2H3,(H,15,16). The maximum atomic E-state index is 11.4. The van der Waals surface area contributed by atoms with Crippen LogP contribution in [0.5, 0.6) is 0 Å². The van der Waals surface area contributed by atoms with Crippen molar-refractivity contribution in [2.45, 2.75) is 46.0 Å². The van der Waals surface area contributed by atoms with Gasteiger partial charge in [-0.15, -0.1) is 0 Å². The molecular formula is C13H23NO2. The summed E-state index contributed by atoms with van der Waals surface area (Å²) in [6.07, 6.45) is 5.12. The van der Waals surface area contributed by atoms with Gasteiger partial charge >= 0.3 is 5.97 Å². The molecule has 92 valence electrons. The van der Waals surface area contributed by atoms with Gasteiger partial charge in [0.25, 0.3) is 0 Å². The molecule has 2 rings (SSSR count). The summed E-state index contributed by atoms with van der Waals surface area (Å²) in [6, 6.07) is 0. The van der Waals surface area contributed by atoms with Crippen LogP contribution >= 0.6 is 0 Å². The number of hydrogen-bond donors (Lipinski definition) is 1. The number of carbonyl (C=O) groups is 1. The number of nitrogens with zero attached hydrogens (tertiary/aromatic N) is 1. The highest BCUT2D eigenvalue weighted by atomic mass is 16.4. The Bertz CT molecular complexity index is 280. The molecule has 0 amide bonds. The normalized spacial score (nSPS) is 28.4. The molecule has 0 aromatic carbocycles. The number of carboxylic acid groups (broad SMARTS) is 1. The lowest BCUT2D eigenvalue weighted by molar-refractivity contribution is -0.149. The summed E-state index contributed by atoms with van der Waals surface area (Å²) < 4.78 is 0. The van der Waals surface area contributed by atoms with Crippen molar-refractivity contribution in [2.75, 3.05) is 19.6 Å². The first-order valence-electron chi connectivity index (χ1n) is 6.39. The SMILES string of the molecule is CC1(C)CCN(CC2(C(=O)O)CCCC2)C1. The van der Waals surface area contributed by atoms with E-state index in [2.05, 4.69) is 18.7 Å². The first-order valence-corrected chi connectivity index (χ1v) is 6.39. The fourth-order valence-electron chi connectivity index (χ4n) is 3.28. The Labute approximate surface area is 97.8 Å². The molecule has 2 fully saturated rings. The molecule has 3 nitrogen and oxygen atoms in total. The minimum atomic E-state index is -0.574. The average Bonchev–Trinajstić information content (AvgIpc) is 2.74. The molecule has 0 atom stereocenters. The lowest BCUT2D eigenvalue weighted by atomic mass is 9.85. The van der Waals surface area contributed by atoms with Crippen molar-refractivity contribution in [2.24, 2.45) is 10.8 Å². The van der Waals surface area contributed by atoms with E-state index < -0.39 is 11.4 Å². The quantitative estimate of drug-likeness (QED) is 0.801. The zero-order valence-corrected chi connectivity index (χ0v) is 10.5. The van der Waals surface area contributed by atoms with Crippen LogP contribution in [-0.2, 0) is 4.79 Å². The molecule has 1 N–H and O–H groups in total. The van der Waals surface area contributed by atoms with Gasteiger partial charge in [0.2, 0.25) is 0 Å². The van der Waals surface area contributed by atoms with E-state index in [4.69, 9.17) is 0 Å². The number of carboxylic acids is 1. The Morgan fingerprint density at radius 1 is 1.25 bits per heavy atom. The summed E-state index contributed by atoms with van der Waals surface area (Å²) in [5.41, 5.74) is -0.0568. The molecule has 0 spiro atoms. The fourth-order valence-corrected chi connectivity index (χ4v) is 3.28. The van der Waals surface area contributed by atoms with Gasteiger partial charge < -0.3 is 10.0 Å². The van der Waals surface area contributed by atoms with Crippen molar-refractivity contribution < 1.29 is 9.90 Å². The van der Waals surface area contributed by atoms with Crippen LogP contribution in [0.3, 0.4) is 0 Å². The fraction of sp³-hybridized carbons (Fsp3) is 0.923. The number of likely N-dealkylation sites (tertiary alicyclic amines) is 1. The van der Waals surface area contributed by atoms with Crippen LogP contribution < -0.4 is 0 Å². The van der Waals surface area contributed by atoms with Gasteiger partial charge in [0.05, 0.1) is 5.41 Å². The highest BCUT2D eigenvalue weighted by molar-refractivity contribution is 5.75. The molecule has 0 aromatic rings. The first kappa shape index (κ1) is 11.9. The van der Waals surface area contributed by atoms with E-state index in [0.717, 1.165) is 45.3 Å². The van der Waals surface area contributed by atoms with E-state index >= 15 is 0 Å². The largest absolute Gasteiger partial charge is 0.481 e. The first-order chi connectivity index (χ1) is 7.44. The Hall–Kier alpha value is -0.570. The van der Waals surface area contributed by atoms with Gasteiger partial charge in [-0.1, -0.05) is 26.7 Å². The molecule has 1 aliphatic carbocycles. The van der Waals surface area contributed by atoms with E-state index in [9.17, 15) is 9.90 Å². The summed E-state index contributed by atoms with van der Waals surface area (Å²) in [5.74, 6) is -0.574. The summed E-state index contributed by atoms with van der Waals surface area (Å²) >= 11 is 0. The van der Waals surface area contributed by atoms with Gasteiger partial charge in [-0.05, 0) is 31.2 Å². The lowest BCUT2D eigenvalue weighted by Gasteiger charge is -2.30. The summed E-state index contributed by atoms with van der Waals surface area (Å²) in [6.45, 7) is 7.44. The van der Waals surface area contributed by atoms with Gasteiger partial charge in [-0.25, -0.2) is 0 Å². The van der Waals surface area contributed by atoms with E-state index in [1.54, 1.807) is 0 Å². The second-order valence-electron chi connectivity index (χ2n) is 6.42. The van der Waals surface area contributed by atoms with Crippen molar-refractivity contribution in [3.05, 3.63) is 0 Å². The molecule has 1 saturated heterocycles. The van der Waals surface area contributed by atoms with Gasteiger partial charge in [0.15, 0.2) is 0 Å². The van der Waals surface area contributed by atoms with Gasteiger partial charge in [-0.2, -0.15) is 0 Å². The molecule has 1 aliphatic heterocycles. The van der Waals surface area contributed by atoms with Crippen LogP contribution in [0.4, 0.5) is 0 Å². The third-order valence-corrected chi connectivity index (χ3v) is 4.30. The Morgan fingerprint density at radius 2 is 1.88 bits per heavy atom. The Morgan fingerprint density at radius 3 is 2.31 bits per heavy atom. The maximum Gasteiger partial charge on any atom is 0.310 e. The molecule has 3 heteroatoms. The highest BCUT2D eigenvalue weighted by Gasteiger charge is 2.44. The van der Waals surface area contributed by atoms with Crippen molar-refractivity contribution >= 4 is 5.97 Å². The van der Waals surface area contributed by atoms with Crippen LogP contribution in [0.1, 0.15) is 46.0 Å². The maximum absolute atomic E-state index is 11.4. The summed E-state index contributed by atoms with van der Waals surface area (Å²) in [5, 5.41) is 9.43. The molecule has 16 heavy (non-hydrogen) atoms. The predicted molar refractivity (Wildman–Crippen MR) is 63.4 cm³/mol. The molecule has 0 unspecified atom stereocenters. The van der Waals surface area contributed by atoms with Gasteiger partial charge in [0.1, 0.15) is 0 Å². The van der Waals surface area contributed by atoms with E-state index in [-0.39, 0.29) is 0 Å². The van der Waals surface area contributed by atoms with Crippen molar-refractivity contribution in [1.82, 2.24) is 4.90 Å². The monoisotopic (exact) mass is 225 g/mol. The topological polar surface area (TPSA) is 40.5 Å². The van der Waals surface area contributed by atoms with Crippen molar-refractivity contribution in [1.29, 1.82) is 0 Å². The van der Waals surface area contributed by atoms with Crippen LogP contribution in [0.25, 0.3) is 0 Å². The van der Waals surface area contributed by atoms with Gasteiger partial charge in [0, 0.05) is 13.1 Å². The predicted octanol–water partition coefficient (Wildman–Crippen LogP) is 2.36.